The number of anilines is 2. The van der Waals surface area contributed by atoms with Gasteiger partial charge in [-0.25, -0.2) is 8.42 Å². The summed E-state index contributed by atoms with van der Waals surface area (Å²) < 4.78 is 23.4. The molecule has 2 aromatic carbocycles. The van der Waals surface area contributed by atoms with Gasteiger partial charge in [-0.1, -0.05) is 29.4 Å². The van der Waals surface area contributed by atoms with Crippen molar-refractivity contribution >= 4 is 55.6 Å². The van der Waals surface area contributed by atoms with Crippen LogP contribution in [0.5, 0.6) is 0 Å². The molecule has 1 saturated heterocycles. The maximum Gasteiger partial charge on any atom is 0.255 e. The summed E-state index contributed by atoms with van der Waals surface area (Å²) in [5, 5.41) is 7.37. The average molecular weight is 436 g/mol. The monoisotopic (exact) mass is 435 g/mol. The summed E-state index contributed by atoms with van der Waals surface area (Å²) in [6.45, 7) is 1.94. The molecule has 0 saturated carbocycles. The third-order valence-electron chi connectivity index (χ3n) is 4.66. The number of thioether (sulfide) groups is 1. The number of rotatable bonds is 3. The first kappa shape index (κ1) is 19.3. The summed E-state index contributed by atoms with van der Waals surface area (Å²) in [6.07, 6.45) is 0. The Labute approximate surface area is 172 Å². The Morgan fingerprint density at radius 3 is 2.64 bits per heavy atom. The van der Waals surface area contributed by atoms with Crippen LogP contribution in [-0.4, -0.2) is 42.3 Å². The molecule has 146 valence electrons. The molecule has 0 aliphatic carbocycles. The number of fused-ring (bicyclic) bond motifs is 1. The SMILES string of the molecule is Cc1ccc(C(=O)Nc2ccc(Cl)cc2)cc1NC1=NC2CS(=O)(=O)CC2S1. The fraction of sp³-hybridized carbons (Fsp3) is 0.263. The lowest BCUT2D eigenvalue weighted by Crippen LogP contribution is -2.14. The molecule has 0 bridgehead atoms. The molecular weight excluding hydrogens is 418 g/mol. The van der Waals surface area contributed by atoms with Gasteiger partial charge in [-0.3, -0.25) is 9.79 Å². The molecule has 2 N–H and O–H groups in total. The molecule has 0 spiro atoms. The molecule has 2 unspecified atom stereocenters. The molecule has 6 nitrogen and oxygen atoms in total. The number of sulfone groups is 1. The van der Waals surface area contributed by atoms with Gasteiger partial charge < -0.3 is 10.6 Å². The first-order chi connectivity index (χ1) is 13.3. The van der Waals surface area contributed by atoms with Gasteiger partial charge >= 0.3 is 0 Å². The Bertz CT molecular complexity index is 1070. The lowest BCUT2D eigenvalue weighted by molar-refractivity contribution is 0.102. The van der Waals surface area contributed by atoms with E-state index in [-0.39, 0.29) is 28.7 Å². The summed E-state index contributed by atoms with van der Waals surface area (Å²) in [6, 6.07) is 12.1. The number of benzene rings is 2. The number of amidine groups is 1. The minimum Gasteiger partial charge on any atom is -0.335 e. The van der Waals surface area contributed by atoms with Gasteiger partial charge in [0.25, 0.3) is 5.91 Å². The Morgan fingerprint density at radius 1 is 1.18 bits per heavy atom. The second-order valence-corrected chi connectivity index (χ2v) is 10.7. The maximum atomic E-state index is 12.6. The summed E-state index contributed by atoms with van der Waals surface area (Å²) in [4.78, 5) is 17.1. The third-order valence-corrected chi connectivity index (χ3v) is 8.06. The maximum absolute atomic E-state index is 12.6. The number of halogens is 1. The Hall–Kier alpha value is -2.03. The van der Waals surface area contributed by atoms with Crippen LogP contribution in [0.3, 0.4) is 0 Å². The first-order valence-electron chi connectivity index (χ1n) is 8.68. The van der Waals surface area contributed by atoms with Gasteiger partial charge in [-0.15, -0.1) is 0 Å². The van der Waals surface area contributed by atoms with E-state index in [1.54, 1.807) is 36.4 Å². The zero-order valence-corrected chi connectivity index (χ0v) is 17.4. The van der Waals surface area contributed by atoms with E-state index in [9.17, 15) is 13.2 Å². The molecule has 2 heterocycles. The van der Waals surface area contributed by atoms with E-state index in [4.69, 9.17) is 11.6 Å². The van der Waals surface area contributed by atoms with E-state index < -0.39 is 9.84 Å². The lowest BCUT2D eigenvalue weighted by Gasteiger charge is -2.12. The summed E-state index contributed by atoms with van der Waals surface area (Å²) in [7, 11) is -2.98. The minimum absolute atomic E-state index is 0.0239. The van der Waals surface area contributed by atoms with Crippen molar-refractivity contribution < 1.29 is 13.2 Å². The van der Waals surface area contributed by atoms with E-state index >= 15 is 0 Å². The highest BCUT2D eigenvalue weighted by Gasteiger charge is 2.42. The number of carbonyl (C=O) groups is 1. The summed E-state index contributed by atoms with van der Waals surface area (Å²) >= 11 is 7.32. The molecule has 2 atom stereocenters. The quantitative estimate of drug-likeness (QED) is 0.769. The molecule has 2 aliphatic heterocycles. The fourth-order valence-corrected chi connectivity index (χ4v) is 6.96. The van der Waals surface area contributed by atoms with Gasteiger partial charge in [-0.05, 0) is 48.9 Å². The first-order valence-corrected chi connectivity index (χ1v) is 11.8. The van der Waals surface area contributed by atoms with Crippen molar-refractivity contribution in [3.05, 3.63) is 58.6 Å². The van der Waals surface area contributed by atoms with E-state index in [1.807, 2.05) is 13.0 Å². The van der Waals surface area contributed by atoms with E-state index in [1.165, 1.54) is 11.8 Å². The lowest BCUT2D eigenvalue weighted by atomic mass is 10.1. The standard InChI is InChI=1S/C19H18ClN3O3S2/c1-11-2-3-12(18(24)21-14-6-4-13(20)5-7-14)8-15(11)22-19-23-16-9-28(25,26)10-17(16)27-19/h2-8,16-17H,9-10H2,1H3,(H,21,24)(H,22,23). The van der Waals surface area contributed by atoms with Crippen LogP contribution in [-0.2, 0) is 9.84 Å². The molecular formula is C19H18ClN3O3S2. The number of hydrogen-bond donors (Lipinski definition) is 2. The predicted octanol–water partition coefficient (Wildman–Crippen LogP) is 3.58. The highest BCUT2D eigenvalue weighted by molar-refractivity contribution is 8.15. The van der Waals surface area contributed by atoms with Gasteiger partial charge in [0.05, 0.1) is 17.5 Å². The van der Waals surface area contributed by atoms with Crippen LogP contribution in [0.1, 0.15) is 15.9 Å². The topological polar surface area (TPSA) is 87.6 Å². The number of amides is 1. The van der Waals surface area contributed by atoms with Crippen LogP contribution in [0, 0.1) is 6.92 Å². The fourth-order valence-electron chi connectivity index (χ4n) is 3.17. The van der Waals surface area contributed by atoms with Crippen LogP contribution in [0.15, 0.2) is 47.5 Å². The summed E-state index contributed by atoms with van der Waals surface area (Å²) in [5.74, 6) is 0.0482. The molecule has 4 rings (SSSR count). The minimum atomic E-state index is -2.98. The molecule has 9 heteroatoms. The highest BCUT2D eigenvalue weighted by atomic mass is 35.5. The van der Waals surface area contributed by atoms with E-state index in [0.717, 1.165) is 11.3 Å². The smallest absolute Gasteiger partial charge is 0.255 e. The van der Waals surface area contributed by atoms with Crippen molar-refractivity contribution in [2.75, 3.05) is 22.1 Å². The largest absolute Gasteiger partial charge is 0.335 e. The Morgan fingerprint density at radius 2 is 1.93 bits per heavy atom. The number of hydrogen-bond acceptors (Lipinski definition) is 6. The van der Waals surface area contributed by atoms with Crippen LogP contribution >= 0.6 is 23.4 Å². The van der Waals surface area contributed by atoms with Crippen molar-refractivity contribution in [2.24, 2.45) is 4.99 Å². The van der Waals surface area contributed by atoms with Gasteiger partial charge in [0.15, 0.2) is 15.0 Å². The van der Waals surface area contributed by atoms with Crippen molar-refractivity contribution in [1.82, 2.24) is 0 Å². The van der Waals surface area contributed by atoms with Gasteiger partial charge in [0.2, 0.25) is 0 Å². The van der Waals surface area contributed by atoms with E-state index in [0.29, 0.717) is 21.4 Å². The number of carbonyl (C=O) groups excluding carboxylic acids is 1. The Balaban J connectivity index is 1.48. The third kappa shape index (κ3) is 4.19. The molecule has 1 fully saturated rings. The molecule has 2 aliphatic rings. The normalized spacial score (nSPS) is 22.4. The van der Waals surface area contributed by atoms with Crippen LogP contribution in [0.2, 0.25) is 5.02 Å². The number of aryl methyl sites for hydroxylation is 1. The van der Waals surface area contributed by atoms with Crippen LogP contribution in [0.25, 0.3) is 0 Å². The van der Waals surface area contributed by atoms with E-state index in [2.05, 4.69) is 15.6 Å². The average Bonchev–Trinajstić information content (AvgIpc) is 3.11. The van der Waals surface area contributed by atoms with Crippen molar-refractivity contribution in [3.63, 3.8) is 0 Å². The van der Waals surface area contributed by atoms with Gasteiger partial charge in [-0.2, -0.15) is 0 Å². The van der Waals surface area contributed by atoms with Crippen LogP contribution in [0.4, 0.5) is 11.4 Å². The second kappa shape index (κ2) is 7.42. The summed E-state index contributed by atoms with van der Waals surface area (Å²) in [5.41, 5.74) is 2.91. The molecule has 0 radical (unpaired) electrons. The van der Waals surface area contributed by atoms with Crippen molar-refractivity contribution in [3.8, 4) is 0 Å². The molecule has 2 aromatic rings. The Kier molecular flexibility index (Phi) is 5.11. The van der Waals surface area contributed by atoms with Crippen LogP contribution < -0.4 is 10.6 Å². The number of nitrogens with one attached hydrogen (secondary N) is 2. The molecule has 0 aromatic heterocycles. The number of aliphatic imine (C=N–C) groups is 1. The molecule has 28 heavy (non-hydrogen) atoms. The molecule has 1 amide bonds. The van der Waals surface area contributed by atoms with Crippen molar-refractivity contribution in [2.45, 2.75) is 18.2 Å². The zero-order chi connectivity index (χ0) is 19.9. The number of nitrogens with zero attached hydrogens (tertiary/aromatic N) is 1. The van der Waals surface area contributed by atoms with Gasteiger partial charge in [0, 0.05) is 27.2 Å². The zero-order valence-electron chi connectivity index (χ0n) is 15.0. The predicted molar refractivity (Wildman–Crippen MR) is 115 cm³/mol. The van der Waals surface area contributed by atoms with Crippen molar-refractivity contribution in [1.29, 1.82) is 0 Å². The van der Waals surface area contributed by atoms with Gasteiger partial charge in [0.1, 0.15) is 0 Å². The second-order valence-electron chi connectivity index (χ2n) is 6.85. The highest BCUT2D eigenvalue weighted by Crippen LogP contribution is 2.35.